The average Bonchev–Trinajstić information content (AvgIpc) is 2.81. The van der Waals surface area contributed by atoms with E-state index in [0.29, 0.717) is 0 Å². The van der Waals surface area contributed by atoms with Crippen LogP contribution in [-0.2, 0) is 15.3 Å². The second kappa shape index (κ2) is 6.06. The van der Waals surface area contributed by atoms with Gasteiger partial charge in [0.15, 0.2) is 0 Å². The summed E-state index contributed by atoms with van der Waals surface area (Å²) in [5.74, 6) is 0.0420. The van der Waals surface area contributed by atoms with Crippen LogP contribution >= 0.6 is 0 Å². The van der Waals surface area contributed by atoms with Gasteiger partial charge < -0.3 is 9.84 Å². The molecule has 0 aromatic heterocycles. The third-order valence-corrected chi connectivity index (χ3v) is 5.65. The Hall–Kier alpha value is -1.87. The van der Waals surface area contributed by atoms with Crippen LogP contribution in [0.5, 0.6) is 5.75 Å². The Balaban J connectivity index is 2.36. The molecule has 1 aliphatic carbocycles. The van der Waals surface area contributed by atoms with Crippen molar-refractivity contribution in [3.63, 3.8) is 0 Å². The molecule has 1 aromatic carbocycles. The van der Waals surface area contributed by atoms with E-state index in [9.17, 15) is 5.11 Å². The van der Waals surface area contributed by atoms with Gasteiger partial charge in [-0.2, -0.15) is 0 Å². The molecule has 1 aromatic rings. The van der Waals surface area contributed by atoms with Crippen LogP contribution < -0.4 is 4.74 Å². The molecule has 28 heavy (non-hydrogen) atoms. The van der Waals surface area contributed by atoms with Crippen LogP contribution in [0.2, 0.25) is 0 Å². The first-order valence-electron chi connectivity index (χ1n) is 10.1. The van der Waals surface area contributed by atoms with Crippen LogP contribution in [0.4, 0.5) is 0 Å². The van der Waals surface area contributed by atoms with Gasteiger partial charge in [0.1, 0.15) is 5.75 Å². The summed E-state index contributed by atoms with van der Waals surface area (Å²) in [6.07, 6.45) is 3.83. The summed E-state index contributed by atoms with van der Waals surface area (Å²) in [5.41, 5.74) is 4.47. The summed E-state index contributed by atoms with van der Waals surface area (Å²) in [4.78, 5) is 0. The summed E-state index contributed by atoms with van der Waals surface area (Å²) in [6.45, 7) is 19.5. The molecule has 2 aliphatic rings. The lowest BCUT2D eigenvalue weighted by molar-refractivity contribution is -0.417. The molecule has 3 rings (SSSR count). The van der Waals surface area contributed by atoms with Crippen molar-refractivity contribution in [2.24, 2.45) is 5.41 Å². The molecule has 0 radical (unpaired) electrons. The molecule has 0 saturated heterocycles. The van der Waals surface area contributed by atoms with Gasteiger partial charge in [-0.3, -0.25) is 4.42 Å². The Kier molecular flexibility index (Phi) is 4.51. The number of rotatable bonds is 0. The van der Waals surface area contributed by atoms with Crippen LogP contribution in [0, 0.1) is 5.41 Å². The summed E-state index contributed by atoms with van der Waals surface area (Å²) in [5, 5.41) is 11.8. The van der Waals surface area contributed by atoms with Crippen LogP contribution in [0.15, 0.2) is 29.9 Å². The fourth-order valence-corrected chi connectivity index (χ4v) is 3.96. The van der Waals surface area contributed by atoms with Crippen molar-refractivity contribution in [2.75, 3.05) is 7.11 Å². The van der Waals surface area contributed by atoms with Gasteiger partial charge >= 0.3 is 5.78 Å². The molecular weight excluding hydrogens is 348 g/mol. The number of benzene rings is 1. The van der Waals surface area contributed by atoms with Gasteiger partial charge in [0, 0.05) is 28.3 Å². The molecular formula is C25H35O3+. The Morgan fingerprint density at radius 2 is 1.46 bits per heavy atom. The highest BCUT2D eigenvalue weighted by molar-refractivity contribution is 6.10. The monoisotopic (exact) mass is 383 g/mol. The molecule has 1 atom stereocenters. The summed E-state index contributed by atoms with van der Waals surface area (Å²) < 4.78 is 12.0. The molecule has 1 unspecified atom stereocenters. The van der Waals surface area contributed by atoms with Crippen molar-refractivity contribution in [1.82, 2.24) is 0 Å². The van der Waals surface area contributed by atoms with Crippen LogP contribution in [0.3, 0.4) is 0 Å². The van der Waals surface area contributed by atoms with Crippen LogP contribution in [0.25, 0.3) is 5.57 Å². The SMILES string of the molecule is C[O+]=C1C=C2c3cc(C(C)(C)C)cc(C(C)(C)C)c3OC2(O)C(C(C)(C)C)=C1. The van der Waals surface area contributed by atoms with E-state index in [-0.39, 0.29) is 16.2 Å². The van der Waals surface area contributed by atoms with E-state index in [2.05, 4.69) is 74.4 Å². The minimum absolute atomic E-state index is 0.0124. The normalized spacial score (nSPS) is 23.8. The number of ketones is 1. The lowest BCUT2D eigenvalue weighted by atomic mass is 9.74. The van der Waals surface area contributed by atoms with Gasteiger partial charge in [-0.05, 0) is 27.9 Å². The minimum Gasteiger partial charge on any atom is -0.453 e. The zero-order valence-electron chi connectivity index (χ0n) is 19.1. The minimum atomic E-state index is -1.47. The van der Waals surface area contributed by atoms with Gasteiger partial charge in [-0.25, -0.2) is 0 Å². The molecule has 3 heteroatoms. The van der Waals surface area contributed by atoms with Crippen molar-refractivity contribution < 1.29 is 14.3 Å². The molecule has 0 spiro atoms. The lowest BCUT2D eigenvalue weighted by Gasteiger charge is -2.36. The van der Waals surface area contributed by atoms with E-state index < -0.39 is 5.79 Å². The molecule has 1 N–H and O–H groups in total. The van der Waals surface area contributed by atoms with Gasteiger partial charge in [0.25, 0.3) is 12.9 Å². The van der Waals surface area contributed by atoms with Gasteiger partial charge in [0.05, 0.1) is 6.08 Å². The Morgan fingerprint density at radius 3 is 1.93 bits per heavy atom. The van der Waals surface area contributed by atoms with E-state index in [1.165, 1.54) is 5.56 Å². The Labute approximate surface area is 169 Å². The molecule has 0 saturated carbocycles. The quantitative estimate of drug-likeness (QED) is 0.604. The standard InChI is InChI=1S/C25H35O3/c1-22(2,3)15-11-17-18-13-16(27-10)14-20(24(7,8)9)25(18,26)28-21(17)19(12-15)23(4,5)6/h11-14,26H,1-10H3/q+1. The highest BCUT2D eigenvalue weighted by Gasteiger charge is 2.53. The Morgan fingerprint density at radius 1 is 0.857 bits per heavy atom. The fourth-order valence-electron chi connectivity index (χ4n) is 3.96. The number of carbonyl (C=O) groups excluding carboxylic acids is 1. The molecule has 0 amide bonds. The van der Waals surface area contributed by atoms with E-state index in [1.54, 1.807) is 7.11 Å². The summed E-state index contributed by atoms with van der Waals surface area (Å²) in [7, 11) is 1.66. The summed E-state index contributed by atoms with van der Waals surface area (Å²) in [6, 6.07) is 4.41. The first-order valence-corrected chi connectivity index (χ1v) is 10.1. The highest BCUT2D eigenvalue weighted by Crippen LogP contribution is 2.55. The largest absolute Gasteiger partial charge is 0.453 e. The van der Waals surface area contributed by atoms with Gasteiger partial charge in [0.2, 0.25) is 0 Å². The number of hydrogen-bond acceptors (Lipinski definition) is 2. The molecule has 152 valence electrons. The zero-order valence-corrected chi connectivity index (χ0v) is 19.1. The van der Waals surface area contributed by atoms with E-state index in [4.69, 9.17) is 9.16 Å². The second-order valence-corrected chi connectivity index (χ2v) is 11.1. The Bertz CT molecular complexity index is 909. The number of hydrogen-bond donors (Lipinski definition) is 1. The zero-order chi connectivity index (χ0) is 21.3. The van der Waals surface area contributed by atoms with E-state index >= 15 is 0 Å². The fraction of sp³-hybridized carbons (Fsp3) is 0.560. The first-order chi connectivity index (χ1) is 12.6. The van der Waals surface area contributed by atoms with Crippen molar-refractivity contribution >= 4 is 11.4 Å². The maximum atomic E-state index is 11.8. The number of aliphatic hydroxyl groups is 1. The first kappa shape index (κ1) is 20.9. The third kappa shape index (κ3) is 3.24. The molecule has 3 nitrogen and oxygen atoms in total. The summed E-state index contributed by atoms with van der Waals surface area (Å²) >= 11 is 0. The predicted molar refractivity (Wildman–Crippen MR) is 116 cm³/mol. The van der Waals surface area contributed by atoms with E-state index in [1.807, 2.05) is 12.2 Å². The molecule has 0 fully saturated rings. The van der Waals surface area contributed by atoms with Gasteiger partial charge in [-0.1, -0.05) is 68.4 Å². The average molecular weight is 384 g/mol. The lowest BCUT2D eigenvalue weighted by Crippen LogP contribution is -2.43. The maximum Gasteiger partial charge on any atom is 0.343 e. The molecule has 1 aliphatic heterocycles. The highest BCUT2D eigenvalue weighted by atomic mass is 16.6. The van der Waals surface area contributed by atoms with Crippen LogP contribution in [0.1, 0.15) is 79.0 Å². The van der Waals surface area contributed by atoms with Crippen molar-refractivity contribution in [2.45, 2.75) is 78.9 Å². The number of allylic oxidation sites excluding steroid dienone is 2. The van der Waals surface area contributed by atoms with Gasteiger partial charge in [-0.15, -0.1) is 0 Å². The molecule has 0 bridgehead atoms. The van der Waals surface area contributed by atoms with Crippen molar-refractivity contribution in [3.05, 3.63) is 46.5 Å². The van der Waals surface area contributed by atoms with Crippen molar-refractivity contribution in [1.29, 1.82) is 0 Å². The number of ether oxygens (including phenoxy) is 1. The topological polar surface area (TPSA) is 40.8 Å². The number of fused-ring (bicyclic) bond motifs is 3. The predicted octanol–water partition coefficient (Wildman–Crippen LogP) is 5.47. The second-order valence-electron chi connectivity index (χ2n) is 11.1. The maximum absolute atomic E-state index is 11.8. The van der Waals surface area contributed by atoms with Crippen LogP contribution in [-0.4, -0.2) is 23.8 Å². The van der Waals surface area contributed by atoms with E-state index in [0.717, 1.165) is 33.8 Å². The third-order valence-electron chi connectivity index (χ3n) is 5.65. The smallest absolute Gasteiger partial charge is 0.343 e. The molecule has 1 heterocycles. The van der Waals surface area contributed by atoms with Crippen molar-refractivity contribution in [3.8, 4) is 5.75 Å².